The molecule has 1 rings (SSSR count). The van der Waals surface area contributed by atoms with Crippen LogP contribution in [0, 0.1) is 0 Å². The maximum Gasteiger partial charge on any atom is 0.573 e. The predicted octanol–water partition coefficient (Wildman–Crippen LogP) is 6.41. The van der Waals surface area contributed by atoms with Crippen LogP contribution in [0.15, 0.2) is 23.1 Å². The van der Waals surface area contributed by atoms with Crippen LogP contribution >= 0.6 is 19.9 Å². The quantitative estimate of drug-likeness (QED) is 0.383. The highest BCUT2D eigenvalue weighted by Crippen LogP contribution is 2.72. The van der Waals surface area contributed by atoms with Gasteiger partial charge in [0.25, 0.3) is 0 Å². The lowest BCUT2D eigenvalue weighted by Gasteiger charge is -2.50. The van der Waals surface area contributed by atoms with Crippen LogP contribution in [0.25, 0.3) is 0 Å². The lowest BCUT2D eigenvalue weighted by molar-refractivity contribution is -0.274. The van der Waals surface area contributed by atoms with Crippen molar-refractivity contribution in [1.82, 2.24) is 0 Å². The summed E-state index contributed by atoms with van der Waals surface area (Å²) in [6.07, 6.45) is -4.82. The molecule has 0 N–H and O–H groups in total. The smallest absolute Gasteiger partial charge is 0.465 e. The van der Waals surface area contributed by atoms with Crippen LogP contribution in [-0.2, 0) is 4.74 Å². The minimum absolute atomic E-state index is 0.0429. The minimum Gasteiger partial charge on any atom is -0.465 e. The Kier molecular flexibility index (Phi) is 7.77. The number of methoxy groups -OCH3 is 1. The van der Waals surface area contributed by atoms with Gasteiger partial charge in [-0.2, -0.15) is 9.06 Å². The van der Waals surface area contributed by atoms with Crippen molar-refractivity contribution >= 4 is 25.8 Å². The van der Waals surface area contributed by atoms with Crippen molar-refractivity contribution in [2.24, 2.45) is 0 Å². The third-order valence-corrected chi connectivity index (χ3v) is 14.0. The molecule has 1 aromatic carbocycles. The molecule has 0 aromatic heterocycles. The van der Waals surface area contributed by atoms with E-state index in [0.29, 0.717) is 20.6 Å². The first-order valence-electron chi connectivity index (χ1n) is 8.32. The highest BCUT2D eigenvalue weighted by atomic mass is 33.2. The van der Waals surface area contributed by atoms with Gasteiger partial charge in [-0.25, -0.2) is 4.79 Å². The summed E-state index contributed by atoms with van der Waals surface area (Å²) in [6, 6.07) is 3.98. The second kappa shape index (κ2) is 8.78. The first-order valence-corrected chi connectivity index (χ1v) is 11.5. The van der Waals surface area contributed by atoms with Crippen molar-refractivity contribution in [3.8, 4) is 5.75 Å². The maximum atomic E-state index is 12.7. The Morgan fingerprint density at radius 2 is 1.50 bits per heavy atom. The fourth-order valence-electron chi connectivity index (χ4n) is 3.14. The average Bonchev–Trinajstić information content (AvgIpc) is 2.48. The molecule has 0 fully saturated rings. The standard InChI is InChI=1S/C18H27F3O3S2/c1-11(2)26(12(3)4,13(5)6)25-16-9-14(17(22)23-7)8-15(10-16)24-18(19,20)21/h8-13H,1-7H3. The number of rotatable bonds is 7. The lowest BCUT2D eigenvalue weighted by Crippen LogP contribution is -2.25. The number of hydrogen-bond donors (Lipinski definition) is 0. The number of carbonyl (C=O) groups excluding carboxylic acids is 1. The lowest BCUT2D eigenvalue weighted by atomic mass is 10.2. The Hall–Kier alpha value is -1.02. The van der Waals surface area contributed by atoms with E-state index in [1.165, 1.54) is 13.2 Å². The highest BCUT2D eigenvalue weighted by molar-refractivity contribution is 8.94. The van der Waals surface area contributed by atoms with E-state index in [4.69, 9.17) is 0 Å². The Morgan fingerprint density at radius 1 is 1.00 bits per heavy atom. The van der Waals surface area contributed by atoms with E-state index in [1.807, 2.05) is 0 Å². The SMILES string of the molecule is COC(=O)c1cc(OC(F)(F)F)cc(SS(C(C)C)(C(C)C)C(C)C)c1. The molecule has 8 heteroatoms. The topological polar surface area (TPSA) is 35.5 Å². The van der Waals surface area contributed by atoms with E-state index in [2.05, 4.69) is 51.0 Å². The van der Waals surface area contributed by atoms with Crippen molar-refractivity contribution in [1.29, 1.82) is 0 Å². The molecule has 0 bridgehead atoms. The number of carbonyl (C=O) groups is 1. The normalized spacial score (nSPS) is 13.4. The number of ether oxygens (including phenoxy) is 2. The van der Waals surface area contributed by atoms with Gasteiger partial charge in [-0.05, 0) is 33.9 Å². The molecule has 0 aliphatic heterocycles. The third-order valence-electron chi connectivity index (χ3n) is 3.99. The summed E-state index contributed by atoms with van der Waals surface area (Å²) in [6.45, 7) is 12.8. The van der Waals surface area contributed by atoms with Gasteiger partial charge >= 0.3 is 12.3 Å². The van der Waals surface area contributed by atoms with Crippen molar-refractivity contribution in [3.05, 3.63) is 23.8 Å². The Balaban J connectivity index is 3.45. The third kappa shape index (κ3) is 5.49. The number of benzene rings is 1. The van der Waals surface area contributed by atoms with Crippen LogP contribution in [0.4, 0.5) is 13.2 Å². The summed E-state index contributed by atoms with van der Waals surface area (Å²) in [5, 5.41) is 1.05. The van der Waals surface area contributed by atoms with Gasteiger partial charge in [-0.15, -0.1) is 13.2 Å². The van der Waals surface area contributed by atoms with E-state index in [0.717, 1.165) is 6.07 Å². The summed E-state index contributed by atoms with van der Waals surface area (Å²) in [5.41, 5.74) is 0.0429. The number of halogens is 3. The van der Waals surface area contributed by atoms with Gasteiger partial charge in [-0.3, -0.25) is 0 Å². The zero-order valence-electron chi connectivity index (χ0n) is 16.1. The second-order valence-electron chi connectivity index (χ2n) is 6.66. The van der Waals surface area contributed by atoms with Crippen LogP contribution in [0.3, 0.4) is 0 Å². The maximum absolute atomic E-state index is 12.7. The number of hydrogen-bond acceptors (Lipinski definition) is 4. The van der Waals surface area contributed by atoms with Gasteiger partial charge in [0.05, 0.1) is 12.7 Å². The fraction of sp³-hybridized carbons (Fsp3) is 0.611. The van der Waals surface area contributed by atoms with E-state index in [1.54, 1.807) is 16.9 Å². The summed E-state index contributed by atoms with van der Waals surface area (Å²) in [5.74, 6) is -1.11. The van der Waals surface area contributed by atoms with E-state index in [-0.39, 0.29) is 5.56 Å². The molecule has 1 aromatic rings. The summed E-state index contributed by atoms with van der Waals surface area (Å²) in [4.78, 5) is 12.5. The molecular weight excluding hydrogens is 385 g/mol. The minimum atomic E-state index is -4.82. The molecule has 3 nitrogen and oxygen atoms in total. The summed E-state index contributed by atoms with van der Waals surface area (Å²) in [7, 11) is 1.48. The van der Waals surface area contributed by atoms with E-state index < -0.39 is 27.1 Å². The molecule has 26 heavy (non-hydrogen) atoms. The van der Waals surface area contributed by atoms with Crippen LogP contribution in [0.5, 0.6) is 5.75 Å². The predicted molar refractivity (Wildman–Crippen MR) is 103 cm³/mol. The highest BCUT2D eigenvalue weighted by Gasteiger charge is 2.37. The van der Waals surface area contributed by atoms with Crippen molar-refractivity contribution in [3.63, 3.8) is 0 Å². The van der Waals surface area contributed by atoms with E-state index >= 15 is 0 Å². The van der Waals surface area contributed by atoms with Crippen molar-refractivity contribution in [2.45, 2.75) is 68.6 Å². The van der Waals surface area contributed by atoms with Crippen LogP contribution in [0.1, 0.15) is 51.9 Å². The van der Waals surface area contributed by atoms with Crippen LogP contribution in [0.2, 0.25) is 0 Å². The second-order valence-corrected chi connectivity index (χ2v) is 13.8. The summed E-state index contributed by atoms with van der Waals surface area (Å²) < 4.78 is 46.7. The molecule has 0 unspecified atom stereocenters. The van der Waals surface area contributed by atoms with Gasteiger partial charge in [0.15, 0.2) is 0 Å². The molecule has 150 valence electrons. The first-order chi connectivity index (χ1) is 11.8. The molecule has 0 aliphatic rings. The fourth-order valence-corrected chi connectivity index (χ4v) is 10.7. The largest absolute Gasteiger partial charge is 0.573 e. The monoisotopic (exact) mass is 412 g/mol. The summed E-state index contributed by atoms with van der Waals surface area (Å²) >= 11 is 0. The molecule has 0 saturated heterocycles. The van der Waals surface area contributed by atoms with Gasteiger partial charge in [-0.1, -0.05) is 52.3 Å². The average molecular weight is 413 g/mol. The van der Waals surface area contributed by atoms with Crippen LogP contribution < -0.4 is 4.74 Å². The van der Waals surface area contributed by atoms with Crippen molar-refractivity contribution < 1.29 is 27.4 Å². The van der Waals surface area contributed by atoms with E-state index in [9.17, 15) is 18.0 Å². The zero-order valence-corrected chi connectivity index (χ0v) is 17.8. The molecule has 0 heterocycles. The molecule has 0 radical (unpaired) electrons. The number of alkyl halides is 3. The van der Waals surface area contributed by atoms with Gasteiger partial charge in [0.1, 0.15) is 5.75 Å². The molecule has 0 aliphatic carbocycles. The molecule has 0 atom stereocenters. The number of esters is 1. The van der Waals surface area contributed by atoms with Gasteiger partial charge in [0, 0.05) is 4.90 Å². The van der Waals surface area contributed by atoms with Gasteiger partial charge in [0.2, 0.25) is 0 Å². The molecule has 0 saturated carbocycles. The Labute approximate surface area is 158 Å². The molecule has 0 spiro atoms. The zero-order chi connectivity index (χ0) is 20.3. The van der Waals surface area contributed by atoms with Crippen molar-refractivity contribution in [2.75, 3.05) is 7.11 Å². The van der Waals surface area contributed by atoms with Gasteiger partial charge < -0.3 is 9.47 Å². The molecular formula is C18H27F3O3S2. The van der Waals surface area contributed by atoms with Crippen LogP contribution in [-0.4, -0.2) is 35.2 Å². The molecule has 0 amide bonds. The first kappa shape index (κ1) is 23.0. The Morgan fingerprint density at radius 3 is 1.88 bits per heavy atom. The Bertz CT molecular complexity index is 607.